The molecule has 0 atom stereocenters. The summed E-state index contributed by atoms with van der Waals surface area (Å²) >= 11 is 0. The molecule has 2 N–H and O–H groups in total. The first-order valence-electron chi connectivity index (χ1n) is 10.1. The van der Waals surface area contributed by atoms with Gasteiger partial charge in [-0.3, -0.25) is 9.59 Å². The number of aryl methyl sites for hydroxylation is 1. The van der Waals surface area contributed by atoms with Crippen molar-refractivity contribution in [1.29, 1.82) is 0 Å². The molecule has 0 unspecified atom stereocenters. The third kappa shape index (κ3) is 4.80. The zero-order chi connectivity index (χ0) is 20.1. The lowest BCUT2D eigenvalue weighted by atomic mass is 10.1. The SMILES string of the molecule is Cc1nn(-c2ccc(C(=O)NC3CCCCCC3)cc2)c(C)c1CCC(=O)O. The average molecular weight is 383 g/mol. The molecule has 1 saturated carbocycles. The second kappa shape index (κ2) is 9.04. The molecule has 1 heterocycles. The van der Waals surface area contributed by atoms with Gasteiger partial charge in [-0.2, -0.15) is 5.10 Å². The molecular weight excluding hydrogens is 354 g/mol. The second-order valence-electron chi connectivity index (χ2n) is 7.66. The normalized spacial score (nSPS) is 15.2. The predicted molar refractivity (Wildman–Crippen MR) is 108 cm³/mol. The van der Waals surface area contributed by atoms with Crippen molar-refractivity contribution in [2.45, 2.75) is 71.3 Å². The number of aromatic nitrogens is 2. The maximum atomic E-state index is 12.6. The van der Waals surface area contributed by atoms with E-state index in [4.69, 9.17) is 5.11 Å². The molecule has 0 spiro atoms. The number of nitrogens with one attached hydrogen (secondary N) is 1. The summed E-state index contributed by atoms with van der Waals surface area (Å²) < 4.78 is 1.82. The number of hydrogen-bond donors (Lipinski definition) is 2. The van der Waals surface area contributed by atoms with Crippen LogP contribution in [0.2, 0.25) is 0 Å². The zero-order valence-corrected chi connectivity index (χ0v) is 16.7. The Kier molecular flexibility index (Phi) is 6.49. The molecule has 28 heavy (non-hydrogen) atoms. The summed E-state index contributed by atoms with van der Waals surface area (Å²) in [6, 6.07) is 7.72. The number of carboxylic acids is 1. The Morgan fingerprint density at radius 2 is 1.75 bits per heavy atom. The summed E-state index contributed by atoms with van der Waals surface area (Å²) in [5.41, 5.74) is 4.27. The van der Waals surface area contributed by atoms with E-state index in [-0.39, 0.29) is 18.4 Å². The van der Waals surface area contributed by atoms with Crippen LogP contribution in [0.25, 0.3) is 5.69 Å². The van der Waals surface area contributed by atoms with Crippen LogP contribution in [0.1, 0.15) is 72.3 Å². The van der Waals surface area contributed by atoms with Crippen LogP contribution >= 0.6 is 0 Å². The monoisotopic (exact) mass is 383 g/mol. The van der Waals surface area contributed by atoms with Gasteiger partial charge in [0, 0.05) is 23.7 Å². The molecule has 1 aliphatic rings. The van der Waals surface area contributed by atoms with Crippen LogP contribution in [0.5, 0.6) is 0 Å². The first kappa shape index (κ1) is 20.1. The van der Waals surface area contributed by atoms with E-state index in [0.717, 1.165) is 35.5 Å². The fraction of sp³-hybridized carbons (Fsp3) is 0.500. The van der Waals surface area contributed by atoms with E-state index in [1.807, 2.05) is 42.8 Å². The third-order valence-electron chi connectivity index (χ3n) is 5.59. The van der Waals surface area contributed by atoms with Gasteiger partial charge >= 0.3 is 5.97 Å². The number of rotatable bonds is 6. The Balaban J connectivity index is 1.71. The van der Waals surface area contributed by atoms with Crippen molar-refractivity contribution in [3.05, 3.63) is 46.8 Å². The molecule has 3 rings (SSSR count). The standard InChI is InChI=1S/C22H29N3O3/c1-15-20(13-14-21(26)27)16(2)25(24-15)19-11-9-17(10-12-19)22(28)23-18-7-5-3-4-6-8-18/h9-12,18H,3-8,13-14H2,1-2H3,(H,23,28)(H,26,27). The van der Waals surface area contributed by atoms with Crippen LogP contribution < -0.4 is 5.32 Å². The summed E-state index contributed by atoms with van der Waals surface area (Å²) in [4.78, 5) is 23.4. The first-order chi connectivity index (χ1) is 13.5. The van der Waals surface area contributed by atoms with Gasteiger partial charge in [-0.1, -0.05) is 25.7 Å². The van der Waals surface area contributed by atoms with Gasteiger partial charge in [-0.25, -0.2) is 4.68 Å². The molecule has 1 aromatic carbocycles. The number of carboxylic acid groups (broad SMARTS) is 1. The smallest absolute Gasteiger partial charge is 0.303 e. The van der Waals surface area contributed by atoms with E-state index >= 15 is 0 Å². The van der Waals surface area contributed by atoms with Crippen molar-refractivity contribution >= 4 is 11.9 Å². The van der Waals surface area contributed by atoms with Crippen LogP contribution in [0.4, 0.5) is 0 Å². The highest BCUT2D eigenvalue weighted by molar-refractivity contribution is 5.94. The molecule has 6 heteroatoms. The fourth-order valence-electron chi connectivity index (χ4n) is 3.97. The third-order valence-corrected chi connectivity index (χ3v) is 5.59. The number of nitrogens with zero attached hydrogens (tertiary/aromatic N) is 2. The van der Waals surface area contributed by atoms with Crippen molar-refractivity contribution in [3.8, 4) is 5.69 Å². The van der Waals surface area contributed by atoms with Crippen LogP contribution in [-0.4, -0.2) is 32.8 Å². The van der Waals surface area contributed by atoms with Crippen molar-refractivity contribution in [3.63, 3.8) is 0 Å². The lowest BCUT2D eigenvalue weighted by molar-refractivity contribution is -0.136. The molecule has 0 aliphatic heterocycles. The predicted octanol–water partition coefficient (Wildman–Crippen LogP) is 3.96. The van der Waals surface area contributed by atoms with Gasteiger partial charge in [0.2, 0.25) is 0 Å². The van der Waals surface area contributed by atoms with E-state index in [0.29, 0.717) is 12.0 Å². The van der Waals surface area contributed by atoms with Crippen molar-refractivity contribution < 1.29 is 14.7 Å². The molecule has 1 aliphatic carbocycles. The molecule has 150 valence electrons. The number of carbonyl (C=O) groups is 2. The van der Waals surface area contributed by atoms with E-state index in [1.54, 1.807) is 0 Å². The second-order valence-corrected chi connectivity index (χ2v) is 7.66. The van der Waals surface area contributed by atoms with Gasteiger partial charge in [0.1, 0.15) is 0 Å². The van der Waals surface area contributed by atoms with E-state index in [9.17, 15) is 9.59 Å². The molecule has 0 bridgehead atoms. The van der Waals surface area contributed by atoms with Gasteiger partial charge in [-0.15, -0.1) is 0 Å². The number of carbonyl (C=O) groups excluding carboxylic acids is 1. The van der Waals surface area contributed by atoms with E-state index in [1.165, 1.54) is 25.7 Å². The minimum absolute atomic E-state index is 0.0195. The maximum Gasteiger partial charge on any atom is 0.303 e. The largest absolute Gasteiger partial charge is 0.481 e. The van der Waals surface area contributed by atoms with Crippen molar-refractivity contribution in [2.24, 2.45) is 0 Å². The van der Waals surface area contributed by atoms with Crippen LogP contribution in [0.3, 0.4) is 0 Å². The summed E-state index contributed by atoms with van der Waals surface area (Å²) in [7, 11) is 0. The molecule has 1 fully saturated rings. The maximum absolute atomic E-state index is 12.6. The lowest BCUT2D eigenvalue weighted by Crippen LogP contribution is -2.34. The van der Waals surface area contributed by atoms with Gasteiger partial charge in [0.25, 0.3) is 5.91 Å². The first-order valence-corrected chi connectivity index (χ1v) is 10.1. The van der Waals surface area contributed by atoms with E-state index < -0.39 is 5.97 Å². The summed E-state index contributed by atoms with van der Waals surface area (Å²) in [6.07, 6.45) is 7.58. The summed E-state index contributed by atoms with van der Waals surface area (Å²) in [5, 5.41) is 16.7. The Labute approximate surface area is 166 Å². The molecule has 6 nitrogen and oxygen atoms in total. The van der Waals surface area contributed by atoms with Crippen LogP contribution in [-0.2, 0) is 11.2 Å². The number of aliphatic carboxylic acids is 1. The average Bonchev–Trinajstić information content (AvgIpc) is 2.83. The summed E-state index contributed by atoms with van der Waals surface area (Å²) in [6.45, 7) is 3.85. The van der Waals surface area contributed by atoms with E-state index in [2.05, 4.69) is 10.4 Å². The number of amides is 1. The lowest BCUT2D eigenvalue weighted by Gasteiger charge is -2.16. The van der Waals surface area contributed by atoms with Crippen LogP contribution in [0.15, 0.2) is 24.3 Å². The van der Waals surface area contributed by atoms with Crippen molar-refractivity contribution in [2.75, 3.05) is 0 Å². The Hall–Kier alpha value is -2.63. The zero-order valence-electron chi connectivity index (χ0n) is 16.7. The van der Waals surface area contributed by atoms with Gasteiger partial charge in [0.15, 0.2) is 0 Å². The van der Waals surface area contributed by atoms with Gasteiger partial charge < -0.3 is 10.4 Å². The fourth-order valence-corrected chi connectivity index (χ4v) is 3.97. The van der Waals surface area contributed by atoms with Gasteiger partial charge in [0.05, 0.1) is 11.4 Å². The molecule has 2 aromatic rings. The topological polar surface area (TPSA) is 84.2 Å². The quantitative estimate of drug-likeness (QED) is 0.740. The van der Waals surface area contributed by atoms with Crippen molar-refractivity contribution in [1.82, 2.24) is 15.1 Å². The highest BCUT2D eigenvalue weighted by atomic mass is 16.4. The van der Waals surface area contributed by atoms with Crippen LogP contribution in [0, 0.1) is 13.8 Å². The Morgan fingerprint density at radius 3 is 2.36 bits per heavy atom. The number of hydrogen-bond acceptors (Lipinski definition) is 3. The molecule has 1 aromatic heterocycles. The molecule has 1 amide bonds. The minimum Gasteiger partial charge on any atom is -0.481 e. The molecular formula is C22H29N3O3. The number of benzene rings is 1. The molecule has 0 radical (unpaired) electrons. The van der Waals surface area contributed by atoms with Gasteiger partial charge in [-0.05, 0) is 62.9 Å². The highest BCUT2D eigenvalue weighted by Gasteiger charge is 2.17. The summed E-state index contributed by atoms with van der Waals surface area (Å²) in [5.74, 6) is -0.829. The highest BCUT2D eigenvalue weighted by Crippen LogP contribution is 2.21. The minimum atomic E-state index is -0.810. The Morgan fingerprint density at radius 1 is 1.11 bits per heavy atom. The molecule has 0 saturated heterocycles. The Bertz CT molecular complexity index is 831.